The van der Waals surface area contributed by atoms with Crippen molar-refractivity contribution in [3.05, 3.63) is 46.2 Å². The van der Waals surface area contributed by atoms with E-state index < -0.39 is 0 Å². The minimum Gasteiger partial charge on any atom is -0.383 e. The molecule has 1 saturated heterocycles. The van der Waals surface area contributed by atoms with Crippen molar-refractivity contribution >= 4 is 28.5 Å². The molecule has 1 aromatic carbocycles. The topological polar surface area (TPSA) is 44.9 Å². The van der Waals surface area contributed by atoms with Gasteiger partial charge in [0.2, 0.25) is 0 Å². The number of amidine groups is 1. The summed E-state index contributed by atoms with van der Waals surface area (Å²) in [5, 5.41) is 2.03. The summed E-state index contributed by atoms with van der Waals surface area (Å²) in [6.07, 6.45) is 5.08. The van der Waals surface area contributed by atoms with Gasteiger partial charge in [-0.15, -0.1) is 11.3 Å². The van der Waals surface area contributed by atoms with Crippen molar-refractivity contribution < 1.29 is 0 Å². The van der Waals surface area contributed by atoms with E-state index in [-0.39, 0.29) is 0 Å². The van der Waals surface area contributed by atoms with Gasteiger partial charge in [-0.1, -0.05) is 6.07 Å². The summed E-state index contributed by atoms with van der Waals surface area (Å²) >= 11 is 1.63. The molecule has 2 aliphatic heterocycles. The van der Waals surface area contributed by atoms with Gasteiger partial charge in [0, 0.05) is 24.8 Å². The maximum absolute atomic E-state index is 6.12. The van der Waals surface area contributed by atoms with Crippen LogP contribution in [0.1, 0.15) is 29.7 Å². The quantitative estimate of drug-likeness (QED) is 0.659. The van der Waals surface area contributed by atoms with Crippen LogP contribution in [0.25, 0.3) is 0 Å². The zero-order valence-corrected chi connectivity index (χ0v) is 15.6. The highest BCUT2D eigenvalue weighted by molar-refractivity contribution is 7.12. The Bertz CT molecular complexity index is 753. The van der Waals surface area contributed by atoms with Crippen LogP contribution >= 0.6 is 11.3 Å². The molecule has 132 valence electrons. The zero-order chi connectivity index (χ0) is 17.2. The Morgan fingerprint density at radius 3 is 3.00 bits per heavy atom. The average Bonchev–Trinajstić information content (AvgIpc) is 3.34. The molecular weight excluding hydrogens is 328 g/mol. The Balaban J connectivity index is 1.44. The number of thiophene rings is 1. The molecule has 2 aromatic rings. The van der Waals surface area contributed by atoms with Crippen LogP contribution in [-0.2, 0) is 6.42 Å². The molecule has 1 unspecified atom stereocenters. The van der Waals surface area contributed by atoms with E-state index >= 15 is 0 Å². The first-order chi connectivity index (χ1) is 12.2. The molecule has 4 nitrogen and oxygen atoms in total. The van der Waals surface area contributed by atoms with Gasteiger partial charge in [0.25, 0.3) is 0 Å². The monoisotopic (exact) mass is 354 g/mol. The van der Waals surface area contributed by atoms with Crippen LogP contribution in [0.4, 0.5) is 11.4 Å². The summed E-state index contributed by atoms with van der Waals surface area (Å²) in [5.41, 5.74) is 9.87. The smallest absolute Gasteiger partial charge is 0.141 e. The predicted molar refractivity (Wildman–Crippen MR) is 107 cm³/mol. The van der Waals surface area contributed by atoms with Gasteiger partial charge in [-0.25, -0.2) is 4.99 Å². The molecule has 0 bridgehead atoms. The van der Waals surface area contributed by atoms with Crippen molar-refractivity contribution in [2.75, 3.05) is 31.6 Å². The van der Waals surface area contributed by atoms with Gasteiger partial charge in [-0.05, 0) is 74.5 Å². The molecule has 2 N–H and O–H groups in total. The molecule has 0 aliphatic carbocycles. The number of anilines is 1. The number of nitrogens with two attached hydrogens (primary N) is 1. The summed E-state index contributed by atoms with van der Waals surface area (Å²) < 4.78 is 0. The second kappa shape index (κ2) is 7.18. The van der Waals surface area contributed by atoms with Gasteiger partial charge in [-0.2, -0.15) is 0 Å². The van der Waals surface area contributed by atoms with Crippen LogP contribution in [0.3, 0.4) is 0 Å². The Hall–Kier alpha value is -1.85. The molecule has 2 aliphatic rings. The van der Waals surface area contributed by atoms with Crippen LogP contribution < -0.4 is 10.6 Å². The van der Waals surface area contributed by atoms with Crippen LogP contribution in [0, 0.1) is 0 Å². The number of rotatable bonds is 5. The third-order valence-corrected chi connectivity index (χ3v) is 6.37. The fraction of sp³-hybridized carbons (Fsp3) is 0.450. The predicted octanol–water partition coefficient (Wildman–Crippen LogP) is 3.63. The molecule has 1 aromatic heterocycles. The minimum atomic E-state index is 0.606. The SMILES string of the molecule is CN1CCCC1CCN1CCc2cc(N=C(N)c3cccs3)ccc21. The summed E-state index contributed by atoms with van der Waals surface area (Å²) in [4.78, 5) is 10.7. The number of likely N-dealkylation sites (tertiary alicyclic amines) is 1. The first-order valence-corrected chi connectivity index (χ1v) is 10.0. The number of nitrogens with zero attached hydrogens (tertiary/aromatic N) is 3. The Morgan fingerprint density at radius 1 is 1.32 bits per heavy atom. The summed E-state index contributed by atoms with van der Waals surface area (Å²) in [5.74, 6) is 0.606. The summed E-state index contributed by atoms with van der Waals surface area (Å²) in [6.45, 7) is 3.54. The van der Waals surface area contributed by atoms with Gasteiger partial charge in [0.15, 0.2) is 0 Å². The fourth-order valence-electron chi connectivity index (χ4n) is 4.03. The van der Waals surface area contributed by atoms with Crippen molar-refractivity contribution in [2.24, 2.45) is 10.7 Å². The molecule has 5 heteroatoms. The Morgan fingerprint density at radius 2 is 2.24 bits per heavy atom. The lowest BCUT2D eigenvalue weighted by Gasteiger charge is -2.24. The molecule has 4 rings (SSSR count). The molecule has 0 spiro atoms. The average molecular weight is 355 g/mol. The lowest BCUT2D eigenvalue weighted by Crippen LogP contribution is -2.31. The largest absolute Gasteiger partial charge is 0.383 e. The van der Waals surface area contributed by atoms with Crippen molar-refractivity contribution in [2.45, 2.75) is 31.7 Å². The van der Waals surface area contributed by atoms with Crippen LogP contribution in [0.5, 0.6) is 0 Å². The van der Waals surface area contributed by atoms with E-state index in [9.17, 15) is 0 Å². The van der Waals surface area contributed by atoms with Crippen molar-refractivity contribution in [3.63, 3.8) is 0 Å². The Labute approximate surface area is 154 Å². The third-order valence-electron chi connectivity index (χ3n) is 5.48. The number of fused-ring (bicyclic) bond motifs is 1. The minimum absolute atomic E-state index is 0.606. The van der Waals surface area contributed by atoms with E-state index in [1.165, 1.54) is 37.1 Å². The highest BCUT2D eigenvalue weighted by Crippen LogP contribution is 2.32. The van der Waals surface area contributed by atoms with Gasteiger partial charge < -0.3 is 15.5 Å². The van der Waals surface area contributed by atoms with E-state index in [1.54, 1.807) is 11.3 Å². The molecule has 0 radical (unpaired) electrons. The van der Waals surface area contributed by atoms with E-state index in [1.807, 2.05) is 17.5 Å². The second-order valence-corrected chi connectivity index (χ2v) is 8.04. The molecule has 3 heterocycles. The molecule has 1 atom stereocenters. The molecule has 0 amide bonds. The van der Waals surface area contributed by atoms with Crippen molar-refractivity contribution in [1.82, 2.24) is 4.90 Å². The molecule has 0 saturated carbocycles. The van der Waals surface area contributed by atoms with Gasteiger partial charge in [-0.3, -0.25) is 0 Å². The van der Waals surface area contributed by atoms with Gasteiger partial charge in [0.1, 0.15) is 5.84 Å². The highest BCUT2D eigenvalue weighted by Gasteiger charge is 2.24. The van der Waals surface area contributed by atoms with E-state index in [0.29, 0.717) is 5.84 Å². The number of hydrogen-bond donors (Lipinski definition) is 1. The number of aliphatic imine (C=N–C) groups is 1. The maximum atomic E-state index is 6.12. The van der Waals surface area contributed by atoms with Crippen LogP contribution in [-0.4, -0.2) is 43.5 Å². The fourth-order valence-corrected chi connectivity index (χ4v) is 4.65. The maximum Gasteiger partial charge on any atom is 0.141 e. The first kappa shape index (κ1) is 16.6. The normalized spacial score (nSPS) is 21.1. The Kier molecular flexibility index (Phi) is 4.77. The summed E-state index contributed by atoms with van der Waals surface area (Å²) in [6, 6.07) is 11.3. The molecule has 1 fully saturated rings. The lowest BCUT2D eigenvalue weighted by atomic mass is 10.1. The van der Waals surface area contributed by atoms with Crippen LogP contribution in [0.15, 0.2) is 40.7 Å². The summed E-state index contributed by atoms with van der Waals surface area (Å²) in [7, 11) is 2.26. The van der Waals surface area contributed by atoms with Crippen molar-refractivity contribution in [1.29, 1.82) is 0 Å². The van der Waals surface area contributed by atoms with Crippen LogP contribution in [0.2, 0.25) is 0 Å². The molecule has 25 heavy (non-hydrogen) atoms. The van der Waals surface area contributed by atoms with Gasteiger partial charge in [0.05, 0.1) is 10.6 Å². The highest BCUT2D eigenvalue weighted by atomic mass is 32.1. The second-order valence-electron chi connectivity index (χ2n) is 7.09. The van der Waals surface area contributed by atoms with Crippen molar-refractivity contribution in [3.8, 4) is 0 Å². The standard InChI is InChI=1S/C20H26N4S/c1-23-10-2-4-17(23)9-12-24-11-8-15-14-16(6-7-18(15)24)22-20(21)19-5-3-13-25-19/h3,5-7,13-14,17H,2,4,8-12H2,1H3,(H2,21,22). The van der Waals surface area contributed by atoms with E-state index in [0.717, 1.165) is 36.1 Å². The molecular formula is C20H26N4S. The van der Waals surface area contributed by atoms with Gasteiger partial charge >= 0.3 is 0 Å². The number of benzene rings is 1. The first-order valence-electron chi connectivity index (χ1n) is 9.17. The number of hydrogen-bond acceptors (Lipinski definition) is 4. The third kappa shape index (κ3) is 3.58. The zero-order valence-electron chi connectivity index (χ0n) is 14.8. The lowest BCUT2D eigenvalue weighted by molar-refractivity contribution is 0.298. The van der Waals surface area contributed by atoms with E-state index in [2.05, 4.69) is 40.0 Å². The van der Waals surface area contributed by atoms with E-state index in [4.69, 9.17) is 5.73 Å².